The van der Waals surface area contributed by atoms with Crippen LogP contribution in [0.2, 0.25) is 0 Å². The topological polar surface area (TPSA) is 65.4 Å². The molecule has 2 aromatic rings. The van der Waals surface area contributed by atoms with Crippen molar-refractivity contribution < 1.29 is 9.53 Å². The summed E-state index contributed by atoms with van der Waals surface area (Å²) < 4.78 is 5.83. The molecule has 0 bridgehead atoms. The summed E-state index contributed by atoms with van der Waals surface area (Å²) in [6.07, 6.45) is 1.37. The van der Waals surface area contributed by atoms with Gasteiger partial charge in [-0.25, -0.2) is 0 Å². The number of amides is 1. The smallest absolute Gasteiger partial charge is 0.222 e. The number of hydrogen-bond donors (Lipinski definition) is 1. The Bertz CT molecular complexity index is 766. The van der Waals surface area contributed by atoms with Gasteiger partial charge >= 0.3 is 0 Å². The number of carbonyl (C=O) groups is 1. The molecule has 0 spiro atoms. The molecule has 0 aliphatic carbocycles. The summed E-state index contributed by atoms with van der Waals surface area (Å²) in [6, 6.07) is 17.5. The fourth-order valence-electron chi connectivity index (χ4n) is 2.48. The second-order valence-electron chi connectivity index (χ2n) is 6.27. The lowest BCUT2D eigenvalue weighted by Gasteiger charge is -2.11. The monoisotopic (exact) mass is 351 g/mol. The summed E-state index contributed by atoms with van der Waals surface area (Å²) in [5, 5.41) is 12.5. The molecule has 2 rings (SSSR count). The van der Waals surface area contributed by atoms with Crippen molar-refractivity contribution in [3.05, 3.63) is 65.2 Å². The van der Waals surface area contributed by atoms with Gasteiger partial charge in [0.05, 0.1) is 11.6 Å². The molecule has 0 heterocycles. The van der Waals surface area contributed by atoms with Crippen LogP contribution in [0, 0.1) is 11.3 Å². The Morgan fingerprint density at radius 2 is 2.00 bits per heavy atom. The van der Waals surface area contributed by atoms with Crippen molar-refractivity contribution in [2.45, 2.75) is 26.0 Å². The number of nitriles is 1. The maximum absolute atomic E-state index is 11.5. The molecule has 5 nitrogen and oxygen atoms in total. The third kappa shape index (κ3) is 6.23. The van der Waals surface area contributed by atoms with Crippen LogP contribution in [-0.2, 0) is 17.9 Å². The summed E-state index contributed by atoms with van der Waals surface area (Å²) in [7, 11) is 3.55. The molecule has 0 aromatic heterocycles. The molecule has 0 radical (unpaired) electrons. The molecular formula is C21H25N3O2. The number of ether oxygens (including phenoxy) is 1. The Morgan fingerprint density at radius 3 is 2.77 bits per heavy atom. The maximum atomic E-state index is 11.5. The third-order valence-electron chi connectivity index (χ3n) is 4.00. The van der Waals surface area contributed by atoms with E-state index in [4.69, 9.17) is 10.00 Å². The van der Waals surface area contributed by atoms with E-state index >= 15 is 0 Å². The fraction of sp³-hybridized carbons (Fsp3) is 0.333. The predicted octanol–water partition coefficient (Wildman–Crippen LogP) is 3.10. The van der Waals surface area contributed by atoms with E-state index in [1.54, 1.807) is 25.1 Å². The van der Waals surface area contributed by atoms with Gasteiger partial charge in [0, 0.05) is 32.6 Å². The van der Waals surface area contributed by atoms with Crippen molar-refractivity contribution in [3.63, 3.8) is 0 Å². The van der Waals surface area contributed by atoms with E-state index in [9.17, 15) is 4.79 Å². The highest BCUT2D eigenvalue weighted by molar-refractivity contribution is 5.75. The first kappa shape index (κ1) is 19.5. The first-order valence-corrected chi connectivity index (χ1v) is 8.71. The molecule has 2 aromatic carbocycles. The average molecular weight is 351 g/mol. The molecule has 136 valence electrons. The van der Waals surface area contributed by atoms with E-state index in [1.807, 2.05) is 42.5 Å². The highest BCUT2D eigenvalue weighted by Crippen LogP contribution is 2.16. The summed E-state index contributed by atoms with van der Waals surface area (Å²) >= 11 is 0. The minimum Gasteiger partial charge on any atom is -0.489 e. The van der Waals surface area contributed by atoms with Crippen LogP contribution in [0.3, 0.4) is 0 Å². The van der Waals surface area contributed by atoms with Crippen LogP contribution in [0.5, 0.6) is 5.75 Å². The van der Waals surface area contributed by atoms with Gasteiger partial charge in [-0.2, -0.15) is 5.26 Å². The third-order valence-corrected chi connectivity index (χ3v) is 4.00. The van der Waals surface area contributed by atoms with Crippen LogP contribution >= 0.6 is 0 Å². The van der Waals surface area contributed by atoms with E-state index < -0.39 is 0 Å². The van der Waals surface area contributed by atoms with Crippen LogP contribution < -0.4 is 10.1 Å². The van der Waals surface area contributed by atoms with E-state index in [-0.39, 0.29) is 5.91 Å². The Morgan fingerprint density at radius 1 is 1.19 bits per heavy atom. The molecule has 0 saturated carbocycles. The first-order valence-electron chi connectivity index (χ1n) is 8.71. The Hall–Kier alpha value is -2.84. The highest BCUT2D eigenvalue weighted by atomic mass is 16.5. The second kappa shape index (κ2) is 10.2. The quantitative estimate of drug-likeness (QED) is 0.705. The van der Waals surface area contributed by atoms with Gasteiger partial charge in [-0.3, -0.25) is 4.79 Å². The molecule has 0 aliphatic rings. The lowest BCUT2D eigenvalue weighted by atomic mass is 10.1. The Kier molecular flexibility index (Phi) is 7.66. The first-order chi connectivity index (χ1) is 12.6. The Balaban J connectivity index is 1.79. The van der Waals surface area contributed by atoms with Crippen molar-refractivity contribution in [2.24, 2.45) is 0 Å². The standard InChI is InChI=1S/C21H25N3O2/c1-24(2)21(25)11-6-12-23-15-17-7-5-10-20(13-17)26-16-19-9-4-3-8-18(19)14-22/h3-5,7-10,13,23H,6,11-12,15-16H2,1-2H3. The van der Waals surface area contributed by atoms with E-state index in [2.05, 4.69) is 11.4 Å². The van der Waals surface area contributed by atoms with Crippen molar-refractivity contribution in [1.82, 2.24) is 10.2 Å². The fourth-order valence-corrected chi connectivity index (χ4v) is 2.48. The molecular weight excluding hydrogens is 326 g/mol. The zero-order valence-electron chi connectivity index (χ0n) is 15.4. The van der Waals surface area contributed by atoms with Crippen molar-refractivity contribution in [3.8, 4) is 11.8 Å². The van der Waals surface area contributed by atoms with Crippen molar-refractivity contribution >= 4 is 5.91 Å². The number of nitrogens with zero attached hydrogens (tertiary/aromatic N) is 2. The van der Waals surface area contributed by atoms with Crippen LogP contribution in [0.4, 0.5) is 0 Å². The number of benzene rings is 2. The van der Waals surface area contributed by atoms with Gasteiger partial charge in [-0.05, 0) is 36.7 Å². The summed E-state index contributed by atoms with van der Waals surface area (Å²) in [4.78, 5) is 13.1. The molecule has 1 amide bonds. The van der Waals surface area contributed by atoms with Gasteiger partial charge in [0.25, 0.3) is 0 Å². The minimum absolute atomic E-state index is 0.153. The van der Waals surface area contributed by atoms with Gasteiger partial charge in [0.2, 0.25) is 5.91 Å². The molecule has 5 heteroatoms. The normalized spacial score (nSPS) is 10.2. The van der Waals surface area contributed by atoms with Gasteiger partial charge in [0.1, 0.15) is 12.4 Å². The van der Waals surface area contributed by atoms with Gasteiger partial charge < -0.3 is 15.0 Å². The molecule has 0 fully saturated rings. The summed E-state index contributed by atoms with van der Waals surface area (Å²) in [5.74, 6) is 0.930. The van der Waals surface area contributed by atoms with E-state index in [0.29, 0.717) is 18.6 Å². The maximum Gasteiger partial charge on any atom is 0.222 e. The van der Waals surface area contributed by atoms with Gasteiger partial charge in [0.15, 0.2) is 0 Å². The number of nitrogens with one attached hydrogen (secondary N) is 1. The number of carbonyl (C=O) groups excluding carboxylic acids is 1. The molecule has 1 N–H and O–H groups in total. The van der Waals surface area contributed by atoms with E-state index in [1.165, 1.54) is 0 Å². The summed E-state index contributed by atoms with van der Waals surface area (Å²) in [5.41, 5.74) is 2.64. The van der Waals surface area contributed by atoms with Crippen LogP contribution in [0.15, 0.2) is 48.5 Å². The molecule has 0 aliphatic heterocycles. The molecule has 0 atom stereocenters. The summed E-state index contributed by atoms with van der Waals surface area (Å²) in [6.45, 7) is 1.88. The lowest BCUT2D eigenvalue weighted by molar-refractivity contribution is -0.128. The van der Waals surface area contributed by atoms with Crippen LogP contribution in [0.25, 0.3) is 0 Å². The molecule has 0 saturated heterocycles. The zero-order valence-corrected chi connectivity index (χ0v) is 15.4. The van der Waals surface area contributed by atoms with Crippen molar-refractivity contribution in [2.75, 3.05) is 20.6 Å². The van der Waals surface area contributed by atoms with Gasteiger partial charge in [-0.15, -0.1) is 0 Å². The SMILES string of the molecule is CN(C)C(=O)CCCNCc1cccc(OCc2ccccc2C#N)c1. The minimum atomic E-state index is 0.153. The van der Waals surface area contributed by atoms with Crippen molar-refractivity contribution in [1.29, 1.82) is 5.26 Å². The number of hydrogen-bond acceptors (Lipinski definition) is 4. The molecule has 26 heavy (non-hydrogen) atoms. The zero-order chi connectivity index (χ0) is 18.8. The largest absolute Gasteiger partial charge is 0.489 e. The van der Waals surface area contributed by atoms with Gasteiger partial charge in [-0.1, -0.05) is 30.3 Å². The second-order valence-corrected chi connectivity index (χ2v) is 6.27. The Labute approximate surface area is 155 Å². The van der Waals surface area contributed by atoms with Crippen LogP contribution in [0.1, 0.15) is 29.5 Å². The highest BCUT2D eigenvalue weighted by Gasteiger charge is 2.04. The van der Waals surface area contributed by atoms with Crippen LogP contribution in [-0.4, -0.2) is 31.4 Å². The lowest BCUT2D eigenvalue weighted by Crippen LogP contribution is -2.23. The number of rotatable bonds is 9. The average Bonchev–Trinajstić information content (AvgIpc) is 2.66. The molecule has 0 unspecified atom stereocenters. The van der Waals surface area contributed by atoms with E-state index in [0.717, 1.165) is 36.4 Å². The predicted molar refractivity (Wildman–Crippen MR) is 102 cm³/mol.